The van der Waals surface area contributed by atoms with Gasteiger partial charge in [-0.05, 0) is 54.4 Å². The number of rotatable bonds is 9. The van der Waals surface area contributed by atoms with E-state index in [1.54, 1.807) is 0 Å². The van der Waals surface area contributed by atoms with Crippen molar-refractivity contribution < 1.29 is 24.2 Å². The number of carboxylic acids is 1. The lowest BCUT2D eigenvalue weighted by molar-refractivity contribution is -0.137. The summed E-state index contributed by atoms with van der Waals surface area (Å²) in [6, 6.07) is 17.3. The van der Waals surface area contributed by atoms with Crippen LogP contribution in [0, 0.1) is 11.8 Å². The fourth-order valence-electron chi connectivity index (χ4n) is 6.01. The summed E-state index contributed by atoms with van der Waals surface area (Å²) in [5, 5.41) is 14.3. The highest BCUT2D eigenvalue weighted by atomic mass is 16.5. The molecule has 1 atom stereocenters. The van der Waals surface area contributed by atoms with Gasteiger partial charge in [0.05, 0.1) is 12.5 Å². The van der Waals surface area contributed by atoms with Crippen LogP contribution in [0.1, 0.15) is 93.2 Å². The molecule has 2 fully saturated rings. The van der Waals surface area contributed by atoms with Gasteiger partial charge in [-0.2, -0.15) is 0 Å². The van der Waals surface area contributed by atoms with Gasteiger partial charge < -0.3 is 15.6 Å². The molecular formula is C32H41N3O5. The fourth-order valence-corrected chi connectivity index (χ4v) is 6.01. The normalized spacial score (nSPS) is 18.8. The lowest BCUT2D eigenvalue weighted by Gasteiger charge is -2.24. The van der Waals surface area contributed by atoms with E-state index in [-0.39, 0.29) is 24.3 Å². The van der Waals surface area contributed by atoms with Crippen LogP contribution in [0.3, 0.4) is 0 Å². The van der Waals surface area contributed by atoms with E-state index in [0.717, 1.165) is 48.8 Å². The Morgan fingerprint density at radius 2 is 1.60 bits per heavy atom. The van der Waals surface area contributed by atoms with E-state index < -0.39 is 5.97 Å². The van der Waals surface area contributed by atoms with Gasteiger partial charge in [0.25, 0.3) is 5.91 Å². The number of nitrogens with zero attached hydrogens (tertiary/aromatic N) is 2. The van der Waals surface area contributed by atoms with Crippen molar-refractivity contribution in [2.75, 3.05) is 6.61 Å². The maximum atomic E-state index is 12.2. The summed E-state index contributed by atoms with van der Waals surface area (Å²) >= 11 is 0. The average molecular weight is 548 g/mol. The van der Waals surface area contributed by atoms with Crippen molar-refractivity contribution in [1.82, 2.24) is 5.01 Å². The third kappa shape index (κ3) is 8.41. The highest BCUT2D eigenvalue weighted by molar-refractivity contribution is 5.97. The third-order valence-electron chi connectivity index (χ3n) is 8.19. The van der Waals surface area contributed by atoms with Crippen LogP contribution in [-0.2, 0) is 25.7 Å². The van der Waals surface area contributed by atoms with Crippen LogP contribution in [0.5, 0.6) is 0 Å². The van der Waals surface area contributed by atoms with Gasteiger partial charge >= 0.3 is 5.97 Å². The second-order valence-corrected chi connectivity index (χ2v) is 11.1. The lowest BCUT2D eigenvalue weighted by Crippen LogP contribution is -2.36. The van der Waals surface area contributed by atoms with Crippen LogP contribution in [0.15, 0.2) is 59.7 Å². The van der Waals surface area contributed by atoms with E-state index in [1.165, 1.54) is 37.1 Å². The zero-order chi connectivity index (χ0) is 28.3. The number of benzene rings is 2. The van der Waals surface area contributed by atoms with Crippen molar-refractivity contribution in [3.05, 3.63) is 71.3 Å². The summed E-state index contributed by atoms with van der Waals surface area (Å²) in [5.41, 5.74) is 8.43. The SMILES string of the molecule is NC(=O)C(c1ccc(CN2N=C(c3ccccc3)OCC2=O)cc1)C1CCCC1.O=C(O)CCC1CCCCC1. The maximum absolute atomic E-state index is 12.2. The smallest absolute Gasteiger partial charge is 0.303 e. The second kappa shape index (κ2) is 14.6. The van der Waals surface area contributed by atoms with E-state index in [4.69, 9.17) is 15.6 Å². The first-order valence-electron chi connectivity index (χ1n) is 14.6. The van der Waals surface area contributed by atoms with E-state index >= 15 is 0 Å². The summed E-state index contributed by atoms with van der Waals surface area (Å²) in [6.07, 6.45) is 12.2. The Morgan fingerprint density at radius 1 is 0.950 bits per heavy atom. The van der Waals surface area contributed by atoms with Crippen molar-refractivity contribution in [2.24, 2.45) is 22.7 Å². The molecule has 3 aliphatic rings. The number of nitrogens with two attached hydrogens (primary N) is 1. The first kappa shape index (κ1) is 29.3. The number of carbonyl (C=O) groups is 3. The first-order valence-corrected chi connectivity index (χ1v) is 14.6. The number of carboxylic acid groups (broad SMARTS) is 1. The number of ether oxygens (including phenoxy) is 1. The highest BCUT2D eigenvalue weighted by Crippen LogP contribution is 2.37. The lowest BCUT2D eigenvalue weighted by atomic mass is 9.84. The minimum absolute atomic E-state index is 0.0305. The van der Waals surface area contributed by atoms with Gasteiger partial charge in [-0.15, -0.1) is 5.10 Å². The molecule has 5 rings (SSSR count). The summed E-state index contributed by atoms with van der Waals surface area (Å²) in [4.78, 5) is 34.5. The molecule has 0 bridgehead atoms. The molecule has 0 spiro atoms. The molecule has 8 heteroatoms. The fraction of sp³-hybridized carbons (Fsp3) is 0.500. The molecule has 2 aromatic carbocycles. The Hall–Kier alpha value is -3.68. The van der Waals surface area contributed by atoms with E-state index in [9.17, 15) is 14.4 Å². The molecule has 0 saturated heterocycles. The molecule has 2 aromatic rings. The summed E-state index contributed by atoms with van der Waals surface area (Å²) in [6.45, 7) is 0.320. The standard InChI is InChI=1S/C23H25N3O3.C9H16O2/c24-22(28)21(17-6-4-5-7-17)18-12-10-16(11-13-18)14-26-20(27)15-29-23(25-26)19-8-2-1-3-9-19;10-9(11)7-6-8-4-2-1-3-5-8/h1-3,8-13,17,21H,4-7,14-15H2,(H2,24,28);8H,1-7H2,(H,10,11). The zero-order valence-corrected chi connectivity index (χ0v) is 23.2. The molecule has 2 saturated carbocycles. The number of hydrogen-bond acceptors (Lipinski definition) is 5. The van der Waals surface area contributed by atoms with Crippen molar-refractivity contribution in [1.29, 1.82) is 0 Å². The Balaban J connectivity index is 0.000000283. The van der Waals surface area contributed by atoms with Gasteiger partial charge in [0, 0.05) is 12.0 Å². The molecule has 0 radical (unpaired) electrons. The molecule has 1 unspecified atom stereocenters. The van der Waals surface area contributed by atoms with Crippen molar-refractivity contribution >= 4 is 23.7 Å². The minimum atomic E-state index is -0.643. The van der Waals surface area contributed by atoms with Crippen LogP contribution in [0.25, 0.3) is 0 Å². The highest BCUT2D eigenvalue weighted by Gasteiger charge is 2.30. The molecule has 40 heavy (non-hydrogen) atoms. The molecule has 1 heterocycles. The summed E-state index contributed by atoms with van der Waals surface area (Å²) in [7, 11) is 0. The second-order valence-electron chi connectivity index (χ2n) is 11.1. The van der Waals surface area contributed by atoms with E-state index in [0.29, 0.717) is 30.7 Å². The Morgan fingerprint density at radius 3 is 2.23 bits per heavy atom. The third-order valence-corrected chi connectivity index (χ3v) is 8.19. The van der Waals surface area contributed by atoms with Gasteiger partial charge in [0.1, 0.15) is 0 Å². The molecule has 3 N–H and O–H groups in total. The van der Waals surface area contributed by atoms with Gasteiger partial charge in [-0.3, -0.25) is 14.4 Å². The Kier molecular flexibility index (Phi) is 10.7. The Labute approximate surface area is 236 Å². The molecule has 1 aliphatic heterocycles. The van der Waals surface area contributed by atoms with Crippen LogP contribution in [-0.4, -0.2) is 40.4 Å². The Bertz CT molecular complexity index is 1150. The van der Waals surface area contributed by atoms with Gasteiger partial charge in [0.2, 0.25) is 11.8 Å². The van der Waals surface area contributed by atoms with Crippen molar-refractivity contribution in [3.8, 4) is 0 Å². The topological polar surface area (TPSA) is 122 Å². The molecular weight excluding hydrogens is 506 g/mol. The predicted molar refractivity (Wildman–Crippen MR) is 153 cm³/mol. The first-order chi connectivity index (χ1) is 19.4. The quantitative estimate of drug-likeness (QED) is 0.423. The molecule has 2 aliphatic carbocycles. The number of amides is 2. The number of hydrazone groups is 1. The summed E-state index contributed by atoms with van der Waals surface area (Å²) < 4.78 is 5.49. The molecule has 214 valence electrons. The van der Waals surface area contributed by atoms with Crippen LogP contribution in [0.4, 0.5) is 0 Å². The number of carbonyl (C=O) groups excluding carboxylic acids is 2. The monoisotopic (exact) mass is 547 g/mol. The molecule has 2 amide bonds. The number of hydrogen-bond donors (Lipinski definition) is 2. The predicted octanol–water partition coefficient (Wildman–Crippen LogP) is 5.60. The number of primary amides is 1. The van der Waals surface area contributed by atoms with Gasteiger partial charge in [-0.25, -0.2) is 5.01 Å². The zero-order valence-electron chi connectivity index (χ0n) is 23.2. The average Bonchev–Trinajstić information content (AvgIpc) is 3.50. The van der Waals surface area contributed by atoms with E-state index in [2.05, 4.69) is 5.10 Å². The van der Waals surface area contributed by atoms with Crippen molar-refractivity contribution in [2.45, 2.75) is 83.1 Å². The maximum Gasteiger partial charge on any atom is 0.303 e. The number of aliphatic carboxylic acids is 1. The molecule has 8 nitrogen and oxygen atoms in total. The minimum Gasteiger partial charge on any atom is -0.481 e. The summed E-state index contributed by atoms with van der Waals surface area (Å²) in [5.74, 6) is 0.156. The van der Waals surface area contributed by atoms with E-state index in [1.807, 2.05) is 54.6 Å². The van der Waals surface area contributed by atoms with Crippen molar-refractivity contribution in [3.63, 3.8) is 0 Å². The van der Waals surface area contributed by atoms with Crippen LogP contribution in [0.2, 0.25) is 0 Å². The van der Waals surface area contributed by atoms with Gasteiger partial charge in [0.15, 0.2) is 6.61 Å². The van der Waals surface area contributed by atoms with Crippen LogP contribution >= 0.6 is 0 Å². The van der Waals surface area contributed by atoms with Crippen LogP contribution < -0.4 is 5.73 Å². The van der Waals surface area contributed by atoms with Gasteiger partial charge in [-0.1, -0.05) is 87.4 Å². The molecule has 0 aromatic heterocycles. The largest absolute Gasteiger partial charge is 0.481 e.